The third-order valence-electron chi connectivity index (χ3n) is 26.4. The molecule has 0 saturated carbocycles. The van der Waals surface area contributed by atoms with Crippen molar-refractivity contribution in [3.8, 4) is 0 Å². The molecule has 0 saturated heterocycles. The van der Waals surface area contributed by atoms with E-state index in [1.54, 1.807) is 0 Å². The van der Waals surface area contributed by atoms with E-state index in [1.165, 1.54) is 199 Å². The molecule has 680 valence electrons. The fourth-order valence-corrected chi connectivity index (χ4v) is 21.6. The Morgan fingerprint density at radius 1 is 0.227 bits per heavy atom. The molecule has 12 heteroatoms. The topological polar surface area (TPSA) is 84.7 Å². The fraction of sp³-hybridized carbons (Fsp3) is 0.400. The summed E-state index contributed by atoms with van der Waals surface area (Å²) >= 11 is 0. The second-order valence-corrected chi connectivity index (χ2v) is 48.8. The summed E-state index contributed by atoms with van der Waals surface area (Å²) in [7, 11) is 8.78. The van der Waals surface area contributed by atoms with E-state index in [-0.39, 0.29) is 43.3 Å². The first-order valence-electron chi connectivity index (χ1n) is 48.2. The van der Waals surface area contributed by atoms with E-state index in [4.69, 9.17) is 19.9 Å². The molecule has 0 fully saturated rings. The van der Waals surface area contributed by atoms with Crippen LogP contribution in [0.5, 0.6) is 0 Å². The first-order chi connectivity index (χ1) is 61.7. The number of hydrogen-bond acceptors (Lipinski definition) is 4. The van der Waals surface area contributed by atoms with Crippen molar-refractivity contribution in [3.05, 3.63) is 261 Å². The first kappa shape index (κ1) is 92.1. The van der Waals surface area contributed by atoms with Crippen molar-refractivity contribution in [2.75, 3.05) is 0 Å². The molecule has 20 aromatic rings. The van der Waals surface area contributed by atoms with Gasteiger partial charge in [0.15, 0.2) is 44.1 Å². The van der Waals surface area contributed by atoms with Crippen LogP contribution in [0.4, 0.5) is 0 Å². The third-order valence-corrected chi connectivity index (χ3v) is 26.4. The summed E-state index contributed by atoms with van der Waals surface area (Å²) in [6.45, 7) is 64.2. The molecule has 8 aromatic carbocycles. The maximum absolute atomic E-state index is 4.92. The maximum Gasteiger partial charge on any atom is 0.297 e. The lowest BCUT2D eigenvalue weighted by Gasteiger charge is -2.19. The molecule has 0 spiro atoms. The molecule has 0 bridgehead atoms. The Morgan fingerprint density at radius 3 is 0.848 bits per heavy atom. The van der Waals surface area contributed by atoms with Crippen molar-refractivity contribution in [1.29, 1.82) is 0 Å². The summed E-state index contributed by atoms with van der Waals surface area (Å²) in [6.07, 6.45) is 16.2. The summed E-state index contributed by atoms with van der Waals surface area (Å²) in [5.41, 5.74) is 42.4. The average Bonchev–Trinajstić information content (AvgIpc) is 1.56. The average molecular weight is 1750 g/mol. The molecule has 12 aromatic heterocycles. The molecule has 132 heavy (non-hydrogen) atoms. The number of fused-ring (bicyclic) bond motifs is 32. The van der Waals surface area contributed by atoms with Crippen LogP contribution in [0.1, 0.15) is 233 Å². The number of nitrogens with zero attached hydrogens (tertiary/aromatic N) is 12. The van der Waals surface area contributed by atoms with Crippen LogP contribution in [0.15, 0.2) is 195 Å². The van der Waals surface area contributed by atoms with E-state index >= 15 is 0 Å². The van der Waals surface area contributed by atoms with Crippen LogP contribution in [-0.2, 0) is 79.6 Å². The van der Waals surface area contributed by atoms with Crippen LogP contribution in [-0.4, -0.2) is 37.5 Å². The molecule has 12 nitrogen and oxygen atoms in total. The van der Waals surface area contributed by atoms with E-state index in [9.17, 15) is 0 Å². The molecule has 0 radical (unpaired) electrons. The Hall–Kier alpha value is -11.8. The van der Waals surface area contributed by atoms with Crippen LogP contribution in [0, 0.1) is 71.0 Å². The molecule has 0 atom stereocenters. The minimum Gasteiger partial charge on any atom is -0.255 e. The lowest BCUT2D eigenvalue weighted by atomic mass is 9.87. The van der Waals surface area contributed by atoms with Crippen LogP contribution in [0.25, 0.3) is 154 Å². The van der Waals surface area contributed by atoms with Gasteiger partial charge in [0.25, 0.3) is 22.6 Å². The van der Waals surface area contributed by atoms with E-state index in [0.717, 1.165) is 73.4 Å². The van der Waals surface area contributed by atoms with Gasteiger partial charge in [0, 0.05) is 51.9 Å². The Kier molecular flexibility index (Phi) is 23.1. The lowest BCUT2D eigenvalue weighted by molar-refractivity contribution is -0.617. The Labute approximate surface area is 782 Å². The summed E-state index contributed by atoms with van der Waals surface area (Å²) in [5, 5.41) is 9.89. The van der Waals surface area contributed by atoms with Crippen LogP contribution >= 0.6 is 0 Å². The van der Waals surface area contributed by atoms with Crippen molar-refractivity contribution in [2.24, 2.45) is 71.5 Å². The van der Waals surface area contributed by atoms with Crippen LogP contribution < -0.4 is 18.3 Å². The second kappa shape index (κ2) is 33.2. The number of aromatic nitrogens is 12. The van der Waals surface area contributed by atoms with Gasteiger partial charge in [-0.1, -0.05) is 221 Å². The molecule has 0 aliphatic heterocycles. The Morgan fingerprint density at radius 2 is 0.492 bits per heavy atom. The quantitative estimate of drug-likeness (QED) is 0.112. The molecule has 0 unspecified atom stereocenters. The van der Waals surface area contributed by atoms with Crippen molar-refractivity contribution in [3.63, 3.8) is 0 Å². The van der Waals surface area contributed by atoms with E-state index < -0.39 is 0 Å². The highest BCUT2D eigenvalue weighted by molar-refractivity contribution is 6.16. The van der Waals surface area contributed by atoms with Gasteiger partial charge < -0.3 is 0 Å². The predicted octanol–water partition coefficient (Wildman–Crippen LogP) is 28.4. The third kappa shape index (κ3) is 17.9. The van der Waals surface area contributed by atoms with E-state index in [1.807, 2.05) is 24.8 Å². The number of hydrogen-bond donors (Lipinski definition) is 0. The molecule has 0 N–H and O–H groups in total. The summed E-state index contributed by atoms with van der Waals surface area (Å²) in [5.74, 6) is 0. The van der Waals surface area contributed by atoms with Crippen molar-refractivity contribution < 1.29 is 18.3 Å². The number of benzene rings is 8. The van der Waals surface area contributed by atoms with Crippen molar-refractivity contribution in [1.82, 2.24) is 37.5 Å². The molecular weight excluding hydrogens is 1610 g/mol. The molecule has 12 heterocycles. The highest BCUT2D eigenvalue weighted by Crippen LogP contribution is 2.43. The minimum atomic E-state index is 0.209. The van der Waals surface area contributed by atoms with Gasteiger partial charge in [-0.15, -0.1) is 0 Å². The second-order valence-electron chi connectivity index (χ2n) is 48.8. The normalized spacial score (nSPS) is 13.1. The van der Waals surface area contributed by atoms with E-state index in [0.29, 0.717) is 0 Å². The zero-order valence-electron chi connectivity index (χ0n) is 85.5. The molecule has 0 aliphatic rings. The predicted molar refractivity (Wildman–Crippen MR) is 560 cm³/mol. The first-order valence-corrected chi connectivity index (χ1v) is 48.2. The summed E-state index contributed by atoms with van der Waals surface area (Å²) in [4.78, 5) is 19.6. The van der Waals surface area contributed by atoms with Gasteiger partial charge in [0.1, 0.15) is 22.1 Å². The molecule has 0 aliphatic carbocycles. The van der Waals surface area contributed by atoms with Gasteiger partial charge in [0.2, 0.25) is 0 Å². The van der Waals surface area contributed by atoms with Gasteiger partial charge in [-0.25, -0.2) is 18.3 Å². The monoisotopic (exact) mass is 1750 g/mol. The summed E-state index contributed by atoms with van der Waals surface area (Å²) < 4.78 is 19.3. The SMILES string of the molecule is Cc1ccnc2c3cc(CC(C)(C)C)ccc3n3c4c(CC(C)(C)C)cccc4[n+](C)c3c12.Cc1ccnc2c3cc(CC(C)(C)C)ccc3n3c4cc(CC(C)(C)C)ccc4[n+](C)c3c12.Cc1ccnc2c3ccc(CC(C)(C)C)cc3n3c4cc(CC(C)(C)C)ccc4[n+](C)c3c12.Cc1ccnc2c3ccc(CC(C)(C)C)cc3n3c4ccc(CC(C)(C)C)cc4[n+](C)c3c12. The molecule has 20 rings (SSSR count). The van der Waals surface area contributed by atoms with Crippen LogP contribution in [0.2, 0.25) is 0 Å². The molecular formula is C120H144N12+4. The van der Waals surface area contributed by atoms with Gasteiger partial charge in [-0.2, -0.15) is 17.6 Å². The number of pyridine rings is 8. The largest absolute Gasteiger partial charge is 0.297 e. The van der Waals surface area contributed by atoms with Gasteiger partial charge in [-0.3, -0.25) is 19.9 Å². The lowest BCUT2D eigenvalue weighted by Crippen LogP contribution is -2.28. The highest BCUT2D eigenvalue weighted by Gasteiger charge is 2.34. The van der Waals surface area contributed by atoms with E-state index in [2.05, 4.69) is 428 Å². The maximum atomic E-state index is 4.92. The Balaban J connectivity index is 0.000000123. The zero-order valence-corrected chi connectivity index (χ0v) is 85.5. The summed E-state index contributed by atoms with van der Waals surface area (Å²) in [6, 6.07) is 64.2. The zero-order chi connectivity index (χ0) is 94.8. The minimum absolute atomic E-state index is 0.209. The number of rotatable bonds is 8. The standard InChI is InChI=1S/4C30H36N3/c1-19-13-14-31-27-22-15-20(17-29(2,3)4)9-11-23(22)33-25-16-21(18-30(5,6)7)10-12-24(25)32(8)28(33)26(19)27;1-19-13-14-31-27-22-11-9-20(17-29(2,3)4)15-24(22)33-23-12-10-21(18-30(5,6)7)16-25(23)32(8)28(33)26(19)27;1-19-13-14-31-27-22-11-9-20(17-29(2,3)4)15-24(22)33-25-16-21(18-30(5,6)7)10-12-23(25)32(8)28(33)26(19)27;1-19-14-15-31-26-22-16-20(17-29(2,3)4)12-13-23(22)33-27-21(18-30(5,6)7)10-9-11-24(27)32(8)28(33)25(19)26/h4*9-16H,17-18H2,1-8H3/q4*+1. The van der Waals surface area contributed by atoms with Gasteiger partial charge in [-0.05, 0) is 299 Å². The highest BCUT2D eigenvalue weighted by atomic mass is 15.1. The fourth-order valence-electron chi connectivity index (χ4n) is 21.6. The number of para-hydroxylation sites is 1. The molecule has 0 amide bonds. The van der Waals surface area contributed by atoms with Crippen molar-refractivity contribution >= 4 is 154 Å². The smallest absolute Gasteiger partial charge is 0.255 e. The van der Waals surface area contributed by atoms with Crippen LogP contribution in [0.3, 0.4) is 0 Å². The van der Waals surface area contributed by atoms with Gasteiger partial charge >= 0.3 is 0 Å². The van der Waals surface area contributed by atoms with Crippen molar-refractivity contribution in [2.45, 2.75) is 245 Å². The number of imidazole rings is 4. The number of aryl methyl sites for hydroxylation is 8. The Bertz CT molecular complexity index is 8010. The van der Waals surface area contributed by atoms with Gasteiger partial charge in [0.05, 0.1) is 71.8 Å².